The Labute approximate surface area is 116 Å². The van der Waals surface area contributed by atoms with Crippen LogP contribution in [0.2, 0.25) is 0 Å². The minimum absolute atomic E-state index is 0.168. The number of nitrogens with zero attached hydrogens (tertiary/aromatic N) is 4. The quantitative estimate of drug-likeness (QED) is 0.788. The third-order valence-electron chi connectivity index (χ3n) is 3.40. The van der Waals surface area contributed by atoms with Crippen molar-refractivity contribution in [2.45, 2.75) is 19.5 Å². The predicted molar refractivity (Wildman–Crippen MR) is 77.6 cm³/mol. The average Bonchev–Trinajstić information content (AvgIpc) is 3.04. The van der Waals surface area contributed by atoms with Crippen LogP contribution < -0.4 is 10.5 Å². The number of hydrogen-bond acceptors (Lipinski definition) is 4. The van der Waals surface area contributed by atoms with Crippen molar-refractivity contribution in [3.63, 3.8) is 0 Å². The van der Waals surface area contributed by atoms with Gasteiger partial charge in [-0.15, -0.1) is 0 Å². The highest BCUT2D eigenvalue weighted by Gasteiger charge is 2.15. The first-order valence-electron chi connectivity index (χ1n) is 6.46. The standard InChI is InChI=1S/C14H17N5O/c1-10(8-18-6-5-16-9-18)19-13-7-11(20-2)3-4-12(13)17-14(19)15/h3-7,9-10H,8H2,1-2H3,(H2,15,17). The zero-order valence-corrected chi connectivity index (χ0v) is 11.5. The molecule has 6 heteroatoms. The van der Waals surface area contributed by atoms with E-state index < -0.39 is 0 Å². The van der Waals surface area contributed by atoms with Gasteiger partial charge in [-0.2, -0.15) is 0 Å². The summed E-state index contributed by atoms with van der Waals surface area (Å²) >= 11 is 0. The van der Waals surface area contributed by atoms with Gasteiger partial charge in [-0.1, -0.05) is 0 Å². The molecule has 20 heavy (non-hydrogen) atoms. The zero-order valence-electron chi connectivity index (χ0n) is 11.5. The van der Waals surface area contributed by atoms with Crippen molar-refractivity contribution in [2.24, 2.45) is 0 Å². The van der Waals surface area contributed by atoms with E-state index in [1.165, 1.54) is 0 Å². The lowest BCUT2D eigenvalue weighted by Gasteiger charge is -2.16. The Bertz CT molecular complexity index is 717. The molecule has 0 aliphatic heterocycles. The second kappa shape index (κ2) is 4.88. The number of ether oxygens (including phenoxy) is 1. The molecule has 0 spiro atoms. The summed E-state index contributed by atoms with van der Waals surface area (Å²) in [6.07, 6.45) is 5.50. The van der Waals surface area contributed by atoms with Gasteiger partial charge in [0.2, 0.25) is 5.95 Å². The van der Waals surface area contributed by atoms with Crippen molar-refractivity contribution < 1.29 is 4.74 Å². The van der Waals surface area contributed by atoms with E-state index in [-0.39, 0.29) is 6.04 Å². The monoisotopic (exact) mass is 271 g/mol. The Kier molecular flexibility index (Phi) is 3.06. The number of benzene rings is 1. The summed E-state index contributed by atoms with van der Waals surface area (Å²) in [6.45, 7) is 2.89. The first kappa shape index (κ1) is 12.5. The fraction of sp³-hybridized carbons (Fsp3) is 0.286. The Morgan fingerprint density at radius 1 is 1.40 bits per heavy atom. The van der Waals surface area contributed by atoms with Gasteiger partial charge in [0.05, 0.1) is 30.5 Å². The van der Waals surface area contributed by atoms with Gasteiger partial charge in [0.25, 0.3) is 0 Å². The summed E-state index contributed by atoms with van der Waals surface area (Å²) in [5.41, 5.74) is 7.92. The van der Waals surface area contributed by atoms with E-state index in [0.717, 1.165) is 23.3 Å². The van der Waals surface area contributed by atoms with Gasteiger partial charge < -0.3 is 19.6 Å². The molecule has 0 saturated carbocycles. The van der Waals surface area contributed by atoms with Gasteiger partial charge in [0.1, 0.15) is 5.75 Å². The number of anilines is 1. The number of methoxy groups -OCH3 is 1. The Hall–Kier alpha value is -2.50. The number of nitrogens with two attached hydrogens (primary N) is 1. The molecule has 1 unspecified atom stereocenters. The van der Waals surface area contributed by atoms with Gasteiger partial charge in [-0.05, 0) is 19.1 Å². The molecular formula is C14H17N5O. The number of imidazole rings is 2. The lowest BCUT2D eigenvalue weighted by atomic mass is 10.2. The predicted octanol–water partition coefficient (Wildman–Crippen LogP) is 2.08. The molecule has 104 valence electrons. The number of fused-ring (bicyclic) bond motifs is 1. The van der Waals surface area contributed by atoms with Crippen LogP contribution in [0.4, 0.5) is 5.95 Å². The minimum atomic E-state index is 0.168. The highest BCUT2D eigenvalue weighted by Crippen LogP contribution is 2.27. The number of rotatable bonds is 4. The third kappa shape index (κ3) is 2.09. The second-order valence-corrected chi connectivity index (χ2v) is 4.80. The summed E-state index contributed by atoms with van der Waals surface area (Å²) in [6, 6.07) is 5.94. The van der Waals surface area contributed by atoms with Gasteiger partial charge >= 0.3 is 0 Å². The molecule has 0 bridgehead atoms. The van der Waals surface area contributed by atoms with Crippen molar-refractivity contribution in [3.05, 3.63) is 36.9 Å². The molecule has 2 heterocycles. The van der Waals surface area contributed by atoms with Crippen molar-refractivity contribution in [1.29, 1.82) is 0 Å². The third-order valence-corrected chi connectivity index (χ3v) is 3.40. The summed E-state index contributed by atoms with van der Waals surface area (Å²) in [5.74, 6) is 1.31. The molecule has 2 aromatic heterocycles. The number of nitrogen functional groups attached to an aromatic ring is 1. The first-order chi connectivity index (χ1) is 9.69. The van der Waals surface area contributed by atoms with Gasteiger partial charge in [0.15, 0.2) is 0 Å². The van der Waals surface area contributed by atoms with Gasteiger partial charge in [-0.3, -0.25) is 0 Å². The van der Waals surface area contributed by atoms with Crippen LogP contribution in [0.25, 0.3) is 11.0 Å². The molecule has 0 fully saturated rings. The van der Waals surface area contributed by atoms with Crippen LogP contribution in [-0.4, -0.2) is 26.2 Å². The van der Waals surface area contributed by atoms with E-state index in [1.54, 1.807) is 19.6 Å². The van der Waals surface area contributed by atoms with Gasteiger partial charge in [-0.25, -0.2) is 9.97 Å². The van der Waals surface area contributed by atoms with E-state index in [0.29, 0.717) is 5.95 Å². The van der Waals surface area contributed by atoms with Crippen LogP contribution in [0.15, 0.2) is 36.9 Å². The summed E-state index contributed by atoms with van der Waals surface area (Å²) in [5, 5.41) is 0. The molecule has 2 N–H and O–H groups in total. The highest BCUT2D eigenvalue weighted by molar-refractivity contribution is 5.80. The first-order valence-corrected chi connectivity index (χ1v) is 6.46. The zero-order chi connectivity index (χ0) is 14.1. The molecule has 0 saturated heterocycles. The SMILES string of the molecule is COc1ccc2nc(N)n(C(C)Cn3ccnc3)c2c1. The smallest absolute Gasteiger partial charge is 0.201 e. The Morgan fingerprint density at radius 3 is 2.95 bits per heavy atom. The number of aromatic nitrogens is 4. The molecule has 0 aliphatic carbocycles. The largest absolute Gasteiger partial charge is 0.497 e. The molecule has 3 aromatic rings. The van der Waals surface area contributed by atoms with Crippen LogP contribution in [0.1, 0.15) is 13.0 Å². The van der Waals surface area contributed by atoms with Crippen molar-refractivity contribution in [3.8, 4) is 5.75 Å². The molecule has 3 rings (SSSR count). The molecule has 0 amide bonds. The lowest BCUT2D eigenvalue weighted by molar-refractivity contribution is 0.414. The molecule has 1 atom stereocenters. The normalized spacial score (nSPS) is 12.7. The van der Waals surface area contributed by atoms with E-state index in [2.05, 4.69) is 16.9 Å². The highest BCUT2D eigenvalue weighted by atomic mass is 16.5. The van der Waals surface area contributed by atoms with Crippen molar-refractivity contribution in [2.75, 3.05) is 12.8 Å². The van der Waals surface area contributed by atoms with Crippen molar-refractivity contribution >= 4 is 17.0 Å². The van der Waals surface area contributed by atoms with Crippen LogP contribution in [0, 0.1) is 0 Å². The van der Waals surface area contributed by atoms with E-state index in [1.807, 2.05) is 33.5 Å². The molecule has 6 nitrogen and oxygen atoms in total. The average molecular weight is 271 g/mol. The van der Waals surface area contributed by atoms with Crippen LogP contribution in [0.5, 0.6) is 5.75 Å². The maximum Gasteiger partial charge on any atom is 0.201 e. The van der Waals surface area contributed by atoms with Crippen LogP contribution >= 0.6 is 0 Å². The second-order valence-electron chi connectivity index (χ2n) is 4.80. The summed E-state index contributed by atoms with van der Waals surface area (Å²) < 4.78 is 9.32. The van der Waals surface area contributed by atoms with Crippen LogP contribution in [-0.2, 0) is 6.54 Å². The van der Waals surface area contributed by atoms with E-state index in [4.69, 9.17) is 10.5 Å². The fourth-order valence-corrected chi connectivity index (χ4v) is 2.46. The molecular weight excluding hydrogens is 254 g/mol. The fourth-order valence-electron chi connectivity index (χ4n) is 2.46. The van der Waals surface area contributed by atoms with Crippen LogP contribution in [0.3, 0.4) is 0 Å². The summed E-state index contributed by atoms with van der Waals surface area (Å²) in [4.78, 5) is 8.45. The maximum atomic E-state index is 6.06. The minimum Gasteiger partial charge on any atom is -0.497 e. The van der Waals surface area contributed by atoms with Crippen molar-refractivity contribution in [1.82, 2.24) is 19.1 Å². The number of hydrogen-bond donors (Lipinski definition) is 1. The lowest BCUT2D eigenvalue weighted by Crippen LogP contribution is -2.14. The summed E-state index contributed by atoms with van der Waals surface area (Å²) in [7, 11) is 1.65. The Balaban J connectivity index is 2.02. The molecule has 0 radical (unpaired) electrons. The molecule has 0 aliphatic rings. The topological polar surface area (TPSA) is 70.9 Å². The Morgan fingerprint density at radius 2 is 2.25 bits per heavy atom. The van der Waals surface area contributed by atoms with E-state index in [9.17, 15) is 0 Å². The molecule has 1 aromatic carbocycles. The maximum absolute atomic E-state index is 6.06. The van der Waals surface area contributed by atoms with Gasteiger partial charge in [0, 0.05) is 25.0 Å². The van der Waals surface area contributed by atoms with E-state index >= 15 is 0 Å².